The average Bonchev–Trinajstić information content (AvgIpc) is 2.42. The van der Waals surface area contributed by atoms with Crippen molar-refractivity contribution in [1.82, 2.24) is 0 Å². The summed E-state index contributed by atoms with van der Waals surface area (Å²) in [6.07, 6.45) is 0.821. The molecule has 0 fully saturated rings. The van der Waals surface area contributed by atoms with E-state index in [0.717, 1.165) is 10.0 Å². The van der Waals surface area contributed by atoms with Crippen LogP contribution in [0.2, 0.25) is 5.02 Å². The van der Waals surface area contributed by atoms with Crippen LogP contribution < -0.4 is 0 Å². The highest BCUT2D eigenvalue weighted by Gasteiger charge is 2.28. The van der Waals surface area contributed by atoms with Crippen LogP contribution in [0.1, 0.15) is 24.5 Å². The van der Waals surface area contributed by atoms with Gasteiger partial charge >= 0.3 is 0 Å². The Morgan fingerprint density at radius 2 is 2.00 bits per heavy atom. The molecule has 0 saturated carbocycles. The molecule has 0 heterocycles. The Bertz CT molecular complexity index is 617. The molecule has 4 heteroatoms. The molecule has 0 bridgehead atoms. The van der Waals surface area contributed by atoms with Gasteiger partial charge in [0.05, 0.1) is 5.60 Å². The first kappa shape index (κ1) is 15.5. The van der Waals surface area contributed by atoms with Crippen LogP contribution in [0.15, 0.2) is 46.9 Å². The lowest BCUT2D eigenvalue weighted by Crippen LogP contribution is -2.28. The van der Waals surface area contributed by atoms with Crippen molar-refractivity contribution in [3.63, 3.8) is 0 Å². The molecule has 2 aromatic rings. The zero-order valence-electron chi connectivity index (χ0n) is 11.0. The minimum absolute atomic E-state index is 0.346. The zero-order chi connectivity index (χ0) is 14.8. The normalized spacial score (nSPS) is 14.1. The van der Waals surface area contributed by atoms with Gasteiger partial charge < -0.3 is 5.11 Å². The highest BCUT2D eigenvalue weighted by atomic mass is 79.9. The van der Waals surface area contributed by atoms with E-state index in [4.69, 9.17) is 11.6 Å². The predicted molar refractivity (Wildman–Crippen MR) is 83.4 cm³/mol. The largest absolute Gasteiger partial charge is 0.385 e. The Labute approximate surface area is 131 Å². The molecule has 2 rings (SSSR count). The van der Waals surface area contributed by atoms with E-state index in [-0.39, 0.29) is 5.82 Å². The van der Waals surface area contributed by atoms with Crippen molar-refractivity contribution in [3.05, 3.63) is 68.9 Å². The number of rotatable bonds is 4. The van der Waals surface area contributed by atoms with Crippen molar-refractivity contribution in [2.75, 3.05) is 0 Å². The monoisotopic (exact) mass is 356 g/mol. The summed E-state index contributed by atoms with van der Waals surface area (Å²) in [5.74, 6) is -0.351. The van der Waals surface area contributed by atoms with Gasteiger partial charge in [0.25, 0.3) is 0 Å². The maximum absolute atomic E-state index is 13.4. The van der Waals surface area contributed by atoms with Gasteiger partial charge in [0.15, 0.2) is 0 Å². The number of hydrogen-bond acceptors (Lipinski definition) is 1. The van der Waals surface area contributed by atoms with Crippen LogP contribution in [0.3, 0.4) is 0 Å². The molecule has 0 aliphatic heterocycles. The van der Waals surface area contributed by atoms with Crippen molar-refractivity contribution in [1.29, 1.82) is 0 Å². The topological polar surface area (TPSA) is 20.2 Å². The van der Waals surface area contributed by atoms with Crippen molar-refractivity contribution < 1.29 is 9.50 Å². The maximum atomic E-state index is 13.4. The molecule has 20 heavy (non-hydrogen) atoms. The van der Waals surface area contributed by atoms with Crippen LogP contribution in [-0.2, 0) is 12.0 Å². The fourth-order valence-electron chi connectivity index (χ4n) is 2.19. The zero-order valence-corrected chi connectivity index (χ0v) is 13.4. The summed E-state index contributed by atoms with van der Waals surface area (Å²) in [6, 6.07) is 11.6. The molecular formula is C16H15BrClFO. The molecule has 2 aromatic carbocycles. The van der Waals surface area contributed by atoms with E-state index >= 15 is 0 Å². The van der Waals surface area contributed by atoms with Gasteiger partial charge in [0.2, 0.25) is 0 Å². The third kappa shape index (κ3) is 3.40. The Morgan fingerprint density at radius 3 is 2.60 bits per heavy atom. The molecule has 0 amide bonds. The first-order valence-electron chi connectivity index (χ1n) is 6.37. The first-order chi connectivity index (χ1) is 9.44. The molecule has 1 nitrogen and oxygen atoms in total. The summed E-state index contributed by atoms with van der Waals surface area (Å²) < 4.78 is 14.2. The molecule has 0 aliphatic carbocycles. The van der Waals surface area contributed by atoms with E-state index in [1.165, 1.54) is 12.1 Å². The molecule has 0 aliphatic rings. The summed E-state index contributed by atoms with van der Waals surface area (Å²) in [7, 11) is 0. The van der Waals surface area contributed by atoms with E-state index < -0.39 is 5.60 Å². The molecule has 1 unspecified atom stereocenters. The van der Waals surface area contributed by atoms with Gasteiger partial charge in [-0.2, -0.15) is 0 Å². The molecule has 106 valence electrons. The van der Waals surface area contributed by atoms with Gasteiger partial charge in [-0.15, -0.1) is 0 Å². The van der Waals surface area contributed by atoms with Crippen LogP contribution in [0.25, 0.3) is 0 Å². The Balaban J connectivity index is 2.36. The smallest absolute Gasteiger partial charge is 0.123 e. The fourth-order valence-corrected chi connectivity index (χ4v) is 2.93. The first-order valence-corrected chi connectivity index (χ1v) is 7.54. The number of aliphatic hydroxyl groups is 1. The maximum Gasteiger partial charge on any atom is 0.123 e. The van der Waals surface area contributed by atoms with Gasteiger partial charge in [-0.25, -0.2) is 4.39 Å². The van der Waals surface area contributed by atoms with Crippen LogP contribution in [0, 0.1) is 5.82 Å². The lowest BCUT2D eigenvalue weighted by atomic mass is 9.85. The second kappa shape index (κ2) is 6.25. The summed E-state index contributed by atoms with van der Waals surface area (Å²) >= 11 is 9.55. The Hall–Kier alpha value is -0.900. The van der Waals surface area contributed by atoms with Crippen molar-refractivity contribution in [2.45, 2.75) is 25.4 Å². The van der Waals surface area contributed by atoms with Crippen LogP contribution in [-0.4, -0.2) is 5.11 Å². The molecule has 0 spiro atoms. The minimum Gasteiger partial charge on any atom is -0.385 e. The lowest BCUT2D eigenvalue weighted by Gasteiger charge is -2.28. The van der Waals surface area contributed by atoms with Crippen molar-refractivity contribution >= 4 is 27.5 Å². The SMILES string of the molecule is CCC(O)(Cc1ccc(Br)cc1Cl)c1cccc(F)c1. The number of halogens is 3. The van der Waals surface area contributed by atoms with E-state index in [1.54, 1.807) is 18.2 Å². The van der Waals surface area contributed by atoms with Crippen LogP contribution in [0.5, 0.6) is 0 Å². The molecule has 0 aromatic heterocycles. The molecule has 1 atom stereocenters. The van der Waals surface area contributed by atoms with Crippen molar-refractivity contribution in [2.24, 2.45) is 0 Å². The van der Waals surface area contributed by atoms with E-state index in [9.17, 15) is 9.50 Å². The van der Waals surface area contributed by atoms with Gasteiger partial charge in [0, 0.05) is 15.9 Å². The predicted octanol–water partition coefficient (Wildman–Crippen LogP) is 5.08. The molecule has 1 N–H and O–H groups in total. The highest BCUT2D eigenvalue weighted by Crippen LogP contribution is 2.33. The Morgan fingerprint density at radius 1 is 1.25 bits per heavy atom. The van der Waals surface area contributed by atoms with Crippen LogP contribution >= 0.6 is 27.5 Å². The van der Waals surface area contributed by atoms with E-state index in [1.807, 2.05) is 19.1 Å². The summed E-state index contributed by atoms with van der Waals surface area (Å²) in [4.78, 5) is 0. The summed E-state index contributed by atoms with van der Waals surface area (Å²) in [6.45, 7) is 1.87. The second-order valence-corrected chi connectivity index (χ2v) is 6.13. The molecule has 0 saturated heterocycles. The van der Waals surface area contributed by atoms with E-state index in [0.29, 0.717) is 23.4 Å². The highest BCUT2D eigenvalue weighted by molar-refractivity contribution is 9.10. The fraction of sp³-hybridized carbons (Fsp3) is 0.250. The van der Waals surface area contributed by atoms with Gasteiger partial charge in [0.1, 0.15) is 5.82 Å². The third-order valence-electron chi connectivity index (χ3n) is 3.44. The number of hydrogen-bond donors (Lipinski definition) is 1. The lowest BCUT2D eigenvalue weighted by molar-refractivity contribution is 0.0324. The quantitative estimate of drug-likeness (QED) is 0.809. The molecular weight excluding hydrogens is 343 g/mol. The molecule has 0 radical (unpaired) electrons. The summed E-state index contributed by atoms with van der Waals surface area (Å²) in [5.41, 5.74) is 0.280. The van der Waals surface area contributed by atoms with Crippen molar-refractivity contribution in [3.8, 4) is 0 Å². The minimum atomic E-state index is -1.13. The average molecular weight is 358 g/mol. The van der Waals surface area contributed by atoms with E-state index in [2.05, 4.69) is 15.9 Å². The van der Waals surface area contributed by atoms with Gasteiger partial charge in [-0.05, 0) is 41.8 Å². The standard InChI is InChI=1S/C16H15BrClFO/c1-2-16(20,12-4-3-5-14(19)8-12)10-11-6-7-13(17)9-15(11)18/h3-9,20H,2,10H2,1H3. The Kier molecular flexibility index (Phi) is 4.84. The summed E-state index contributed by atoms with van der Waals surface area (Å²) in [5, 5.41) is 11.4. The van der Waals surface area contributed by atoms with Gasteiger partial charge in [-0.3, -0.25) is 0 Å². The second-order valence-electron chi connectivity index (χ2n) is 4.81. The van der Waals surface area contributed by atoms with Crippen LogP contribution in [0.4, 0.5) is 4.39 Å². The number of benzene rings is 2. The third-order valence-corrected chi connectivity index (χ3v) is 4.29. The van der Waals surface area contributed by atoms with Gasteiger partial charge in [-0.1, -0.05) is 52.7 Å².